The van der Waals surface area contributed by atoms with Gasteiger partial charge in [0.1, 0.15) is 17.1 Å². The summed E-state index contributed by atoms with van der Waals surface area (Å²) < 4.78 is 34.9. The maximum atomic E-state index is 14.4. The summed E-state index contributed by atoms with van der Waals surface area (Å²) >= 11 is 0. The summed E-state index contributed by atoms with van der Waals surface area (Å²) in [4.78, 5) is 23.1. The summed E-state index contributed by atoms with van der Waals surface area (Å²) in [6.45, 7) is -0.626. The van der Waals surface area contributed by atoms with Crippen molar-refractivity contribution in [3.05, 3.63) is 41.2 Å². The smallest absolute Gasteiger partial charge is 0.323 e. The second kappa shape index (κ2) is 6.03. The lowest BCUT2D eigenvalue weighted by Gasteiger charge is -2.12. The Bertz CT molecular complexity index is 1070. The number of amides is 2. The Balaban J connectivity index is 1.81. The van der Waals surface area contributed by atoms with Crippen LogP contribution in [-0.4, -0.2) is 45.5 Å². The van der Waals surface area contributed by atoms with Crippen molar-refractivity contribution in [2.24, 2.45) is 5.73 Å². The number of aromatic nitrogens is 2. The third-order valence-corrected chi connectivity index (χ3v) is 4.49. The molecule has 0 radical (unpaired) electrons. The van der Waals surface area contributed by atoms with Crippen molar-refractivity contribution in [2.45, 2.75) is 17.9 Å². The number of nitrogens with two attached hydrogens (primary N) is 1. The van der Waals surface area contributed by atoms with Gasteiger partial charge in [0, 0.05) is 18.5 Å². The Morgan fingerprint density at radius 1 is 1.39 bits per heavy atom. The van der Waals surface area contributed by atoms with Gasteiger partial charge in [0.2, 0.25) is 5.60 Å². The summed E-state index contributed by atoms with van der Waals surface area (Å²) in [6.07, 6.45) is 0.143. The number of carbonyl (C=O) groups is 2. The quantitative estimate of drug-likeness (QED) is 0.597. The van der Waals surface area contributed by atoms with E-state index in [1.165, 1.54) is 18.2 Å². The van der Waals surface area contributed by atoms with Crippen LogP contribution in [0.15, 0.2) is 24.3 Å². The zero-order chi connectivity index (χ0) is 20.1. The van der Waals surface area contributed by atoms with Gasteiger partial charge in [-0.2, -0.15) is 13.9 Å². The molecule has 0 aliphatic carbocycles. The summed E-state index contributed by atoms with van der Waals surface area (Å²) in [6, 6.07) is 5.27. The molecule has 0 unspecified atom stereocenters. The first kappa shape index (κ1) is 17.9. The molecular formula is C18H14F2N4O4. The van der Waals surface area contributed by atoms with Crippen LogP contribution in [0.4, 0.5) is 8.78 Å². The van der Waals surface area contributed by atoms with Gasteiger partial charge < -0.3 is 20.9 Å². The van der Waals surface area contributed by atoms with E-state index < -0.39 is 35.6 Å². The summed E-state index contributed by atoms with van der Waals surface area (Å²) in [5.41, 5.74) is 2.99. The summed E-state index contributed by atoms with van der Waals surface area (Å²) in [7, 11) is 0. The van der Waals surface area contributed by atoms with E-state index in [1.54, 1.807) is 0 Å². The second-order valence-electron chi connectivity index (χ2n) is 6.48. The first-order chi connectivity index (χ1) is 13.2. The maximum Gasteiger partial charge on any atom is 0.323 e. The van der Waals surface area contributed by atoms with E-state index in [-0.39, 0.29) is 23.6 Å². The first-order valence-electron chi connectivity index (χ1n) is 8.29. The average Bonchev–Trinajstić information content (AvgIpc) is 3.21. The molecule has 0 bridgehead atoms. The molecule has 2 aliphatic rings. The van der Waals surface area contributed by atoms with Crippen molar-refractivity contribution < 1.29 is 28.2 Å². The molecule has 2 aliphatic heterocycles. The number of halogens is 2. The predicted molar refractivity (Wildman–Crippen MR) is 90.9 cm³/mol. The van der Waals surface area contributed by atoms with Gasteiger partial charge in [0.25, 0.3) is 11.8 Å². The van der Waals surface area contributed by atoms with Crippen LogP contribution in [0.25, 0.3) is 5.69 Å². The highest BCUT2D eigenvalue weighted by Gasteiger charge is 2.41. The standard InChI is InChI=1S/C18H14F2N4O4/c19-18(20)9-28-13-2-1-10(3-4-17(27)5-6-22-16(17)26)7-12(13)24-14(18)8-11(23-24)15(21)25/h1-2,7-8,27H,5-6,9H2,(H2,21,25)(H,22,26)/t17-/m0/s1. The molecule has 8 nitrogen and oxygen atoms in total. The third-order valence-electron chi connectivity index (χ3n) is 4.49. The SMILES string of the molecule is NC(=O)c1cc2n(n1)-c1cc(C#C[C@]3(O)CCNC3=O)ccc1OCC2(F)F. The van der Waals surface area contributed by atoms with Crippen LogP contribution >= 0.6 is 0 Å². The highest BCUT2D eigenvalue weighted by Crippen LogP contribution is 2.37. The fourth-order valence-electron chi connectivity index (χ4n) is 2.98. The lowest BCUT2D eigenvalue weighted by Crippen LogP contribution is -2.36. The number of carbonyl (C=O) groups excluding carboxylic acids is 2. The topological polar surface area (TPSA) is 119 Å². The van der Waals surface area contributed by atoms with Crippen molar-refractivity contribution in [1.82, 2.24) is 15.1 Å². The maximum absolute atomic E-state index is 14.4. The largest absolute Gasteiger partial charge is 0.485 e. The van der Waals surface area contributed by atoms with Crippen LogP contribution in [0, 0.1) is 11.8 Å². The van der Waals surface area contributed by atoms with Crippen molar-refractivity contribution in [3.8, 4) is 23.3 Å². The van der Waals surface area contributed by atoms with E-state index in [9.17, 15) is 23.5 Å². The molecule has 1 atom stereocenters. The zero-order valence-corrected chi connectivity index (χ0v) is 14.3. The van der Waals surface area contributed by atoms with E-state index in [0.29, 0.717) is 12.1 Å². The number of benzene rings is 1. The molecule has 1 saturated heterocycles. The number of hydrogen-bond acceptors (Lipinski definition) is 5. The van der Waals surface area contributed by atoms with E-state index >= 15 is 0 Å². The normalized spacial score (nSPS) is 22.0. The number of fused-ring (bicyclic) bond motifs is 3. The molecule has 1 fully saturated rings. The van der Waals surface area contributed by atoms with Gasteiger partial charge in [-0.25, -0.2) is 4.68 Å². The monoisotopic (exact) mass is 388 g/mol. The van der Waals surface area contributed by atoms with Crippen molar-refractivity contribution in [1.29, 1.82) is 0 Å². The average molecular weight is 388 g/mol. The lowest BCUT2D eigenvalue weighted by molar-refractivity contribution is -0.130. The molecule has 1 aromatic heterocycles. The number of rotatable bonds is 1. The van der Waals surface area contributed by atoms with Crippen LogP contribution < -0.4 is 15.8 Å². The minimum absolute atomic E-state index is 0.111. The fourth-order valence-corrected chi connectivity index (χ4v) is 2.98. The van der Waals surface area contributed by atoms with Crippen LogP contribution in [-0.2, 0) is 10.7 Å². The van der Waals surface area contributed by atoms with Crippen LogP contribution in [0.2, 0.25) is 0 Å². The first-order valence-corrected chi connectivity index (χ1v) is 8.29. The van der Waals surface area contributed by atoms with Gasteiger partial charge in [-0.1, -0.05) is 11.8 Å². The molecule has 28 heavy (non-hydrogen) atoms. The molecule has 0 spiro atoms. The number of hydrogen-bond donors (Lipinski definition) is 3. The Morgan fingerprint density at radius 2 is 2.18 bits per heavy atom. The number of alkyl halides is 2. The minimum atomic E-state index is -3.40. The number of aliphatic hydroxyl groups is 1. The molecule has 3 heterocycles. The molecule has 2 amide bonds. The van der Waals surface area contributed by atoms with Gasteiger partial charge in [-0.05, 0) is 24.3 Å². The van der Waals surface area contributed by atoms with Crippen molar-refractivity contribution in [2.75, 3.05) is 13.2 Å². The summed E-state index contributed by atoms with van der Waals surface area (Å²) in [5.74, 6) is 0.369. The molecule has 1 aromatic carbocycles. The number of nitrogens with zero attached hydrogens (tertiary/aromatic N) is 2. The molecular weight excluding hydrogens is 374 g/mol. The number of nitrogens with one attached hydrogen (secondary N) is 1. The molecule has 10 heteroatoms. The van der Waals surface area contributed by atoms with E-state index in [0.717, 1.165) is 10.7 Å². The van der Waals surface area contributed by atoms with Gasteiger partial charge in [0.05, 0.1) is 0 Å². The van der Waals surface area contributed by atoms with Crippen molar-refractivity contribution in [3.63, 3.8) is 0 Å². The van der Waals surface area contributed by atoms with Crippen LogP contribution in [0.3, 0.4) is 0 Å². The number of primary amides is 1. The fraction of sp³-hybridized carbons (Fsp3) is 0.278. The third kappa shape index (κ3) is 2.86. The molecule has 2 aromatic rings. The van der Waals surface area contributed by atoms with Crippen LogP contribution in [0.1, 0.15) is 28.2 Å². The lowest BCUT2D eigenvalue weighted by atomic mass is 10.0. The highest BCUT2D eigenvalue weighted by atomic mass is 19.3. The summed E-state index contributed by atoms with van der Waals surface area (Å²) in [5, 5.41) is 16.6. The molecule has 0 saturated carbocycles. The van der Waals surface area contributed by atoms with E-state index in [4.69, 9.17) is 10.5 Å². The molecule has 4 rings (SSSR count). The van der Waals surface area contributed by atoms with E-state index in [1.807, 2.05) is 0 Å². The van der Waals surface area contributed by atoms with Gasteiger partial charge >= 0.3 is 5.92 Å². The zero-order valence-electron chi connectivity index (χ0n) is 14.3. The minimum Gasteiger partial charge on any atom is -0.485 e. The Labute approximate surface area is 157 Å². The van der Waals surface area contributed by atoms with E-state index in [2.05, 4.69) is 22.3 Å². The van der Waals surface area contributed by atoms with Gasteiger partial charge in [-0.3, -0.25) is 9.59 Å². The van der Waals surface area contributed by atoms with Crippen molar-refractivity contribution >= 4 is 11.8 Å². The number of ether oxygens (including phenoxy) is 1. The Hall–Kier alpha value is -3.45. The Kier molecular flexibility index (Phi) is 3.87. The highest BCUT2D eigenvalue weighted by molar-refractivity contribution is 5.91. The Morgan fingerprint density at radius 3 is 2.86 bits per heavy atom. The molecule has 144 valence electrons. The van der Waals surface area contributed by atoms with Crippen LogP contribution in [0.5, 0.6) is 5.75 Å². The predicted octanol–water partition coefficient (Wildman–Crippen LogP) is 0.0579. The molecule has 4 N–H and O–H groups in total. The second-order valence-corrected chi connectivity index (χ2v) is 6.48. The van der Waals surface area contributed by atoms with Gasteiger partial charge in [0.15, 0.2) is 12.3 Å². The van der Waals surface area contributed by atoms with Gasteiger partial charge in [-0.15, -0.1) is 0 Å².